The second kappa shape index (κ2) is 7.79. The van der Waals surface area contributed by atoms with Gasteiger partial charge >= 0.3 is 0 Å². The van der Waals surface area contributed by atoms with Crippen molar-refractivity contribution < 1.29 is 19.8 Å². The first kappa shape index (κ1) is 18.5. The molecule has 0 aromatic heterocycles. The molecule has 0 amide bonds. The summed E-state index contributed by atoms with van der Waals surface area (Å²) in [7, 11) is 2.08. The van der Waals surface area contributed by atoms with Gasteiger partial charge in [0.2, 0.25) is 0 Å². The molecule has 1 N–H and O–H groups in total. The molecule has 4 aliphatic carbocycles. The van der Waals surface area contributed by atoms with Crippen LogP contribution in [0.25, 0.3) is 0 Å². The van der Waals surface area contributed by atoms with Crippen molar-refractivity contribution in [2.45, 2.75) is 43.4 Å². The first-order valence-corrected chi connectivity index (χ1v) is 9.15. The third kappa shape index (κ3) is 4.80. The maximum Gasteiger partial charge on any atom is 0.0643 e. The Balaban J connectivity index is 0.000000207. The summed E-state index contributed by atoms with van der Waals surface area (Å²) >= 11 is 3.96. The highest BCUT2D eigenvalue weighted by molar-refractivity contribution is 9.09. The van der Waals surface area contributed by atoms with Crippen LogP contribution in [0.1, 0.15) is 38.5 Å². The lowest BCUT2D eigenvalue weighted by Crippen LogP contribution is -2.51. The SMILES string of the molecule is CNCC(Br)C12CC3CC(CC(C3)C1)C2.O=C([O-])/C=C\C(=O)[O-]. The van der Waals surface area contributed by atoms with Crippen LogP contribution in [0.3, 0.4) is 0 Å². The van der Waals surface area contributed by atoms with Gasteiger partial charge in [-0.1, -0.05) is 15.9 Å². The Morgan fingerprint density at radius 3 is 1.78 bits per heavy atom. The Kier molecular flexibility index (Phi) is 6.26. The summed E-state index contributed by atoms with van der Waals surface area (Å²) in [4.78, 5) is 19.5. The largest absolute Gasteiger partial charge is 0.545 e. The van der Waals surface area contributed by atoms with E-state index in [-0.39, 0.29) is 0 Å². The molecule has 4 saturated carbocycles. The van der Waals surface area contributed by atoms with E-state index in [1.807, 2.05) is 0 Å². The first-order chi connectivity index (χ1) is 10.8. The monoisotopic (exact) mass is 385 g/mol. The molecule has 0 spiro atoms. The number of alkyl halides is 1. The van der Waals surface area contributed by atoms with E-state index in [1.165, 1.54) is 19.3 Å². The minimum atomic E-state index is -1.55. The van der Waals surface area contributed by atoms with E-state index in [4.69, 9.17) is 0 Å². The summed E-state index contributed by atoms with van der Waals surface area (Å²) < 4.78 is 0. The van der Waals surface area contributed by atoms with Gasteiger partial charge in [0.25, 0.3) is 0 Å². The number of halogens is 1. The van der Waals surface area contributed by atoms with Gasteiger partial charge < -0.3 is 25.1 Å². The van der Waals surface area contributed by atoms with Crippen LogP contribution in [0.5, 0.6) is 0 Å². The molecule has 0 radical (unpaired) electrons. The van der Waals surface area contributed by atoms with E-state index in [2.05, 4.69) is 28.3 Å². The molecule has 4 bridgehead atoms. The van der Waals surface area contributed by atoms with Crippen LogP contribution in [0, 0.1) is 23.2 Å². The van der Waals surface area contributed by atoms with Gasteiger partial charge in [-0.25, -0.2) is 0 Å². The predicted octanol–water partition coefficient (Wildman–Crippen LogP) is 0.228. The number of carbonyl (C=O) groups excluding carboxylic acids is 2. The smallest absolute Gasteiger partial charge is 0.0643 e. The highest BCUT2D eigenvalue weighted by atomic mass is 79.9. The highest BCUT2D eigenvalue weighted by Gasteiger charge is 2.53. The second-order valence-electron chi connectivity index (χ2n) is 7.28. The van der Waals surface area contributed by atoms with Crippen molar-refractivity contribution in [3.63, 3.8) is 0 Å². The molecule has 0 aromatic carbocycles. The first-order valence-electron chi connectivity index (χ1n) is 8.23. The summed E-state index contributed by atoms with van der Waals surface area (Å²) in [5.41, 5.74) is 0.664. The molecule has 1 atom stereocenters. The number of aliphatic carboxylic acids is 2. The van der Waals surface area contributed by atoms with Crippen LogP contribution < -0.4 is 15.5 Å². The van der Waals surface area contributed by atoms with E-state index in [0.717, 1.165) is 24.3 Å². The van der Waals surface area contributed by atoms with Gasteiger partial charge in [0, 0.05) is 11.4 Å². The minimum absolute atomic E-state index is 0.384. The molecule has 23 heavy (non-hydrogen) atoms. The normalized spacial score (nSPS) is 35.7. The number of hydrogen-bond donors (Lipinski definition) is 1. The van der Waals surface area contributed by atoms with E-state index >= 15 is 0 Å². The topological polar surface area (TPSA) is 92.3 Å². The van der Waals surface area contributed by atoms with Crippen LogP contribution in [0.4, 0.5) is 0 Å². The zero-order chi connectivity index (χ0) is 17.0. The standard InChI is InChI=1S/C13H22BrN.C4H4O4/c1-15-8-12(14)13-5-9-2-10(6-13)4-11(3-9)7-13;5-3(6)1-2-4(7)8/h9-12,15H,2-8H2,1H3;1-2H,(H,5,6)(H,7,8)/p-2/b;2-1-. The lowest BCUT2D eigenvalue weighted by atomic mass is 9.49. The Morgan fingerprint density at radius 2 is 1.48 bits per heavy atom. The van der Waals surface area contributed by atoms with Crippen molar-refractivity contribution in [3.05, 3.63) is 12.2 Å². The molecular formula is C17H24BrNO4-2. The van der Waals surface area contributed by atoms with Crippen LogP contribution in [-0.4, -0.2) is 30.4 Å². The molecule has 0 aliphatic heterocycles. The molecule has 0 saturated heterocycles. The number of carboxylic acid groups (broad SMARTS) is 2. The zero-order valence-corrected chi connectivity index (χ0v) is 15.0. The minimum Gasteiger partial charge on any atom is -0.545 e. The molecule has 130 valence electrons. The predicted molar refractivity (Wildman–Crippen MR) is 86.4 cm³/mol. The molecule has 0 heterocycles. The summed E-state index contributed by atoms with van der Waals surface area (Å²) in [5, 5.41) is 22.2. The molecule has 1 unspecified atom stereocenters. The second-order valence-corrected chi connectivity index (χ2v) is 8.38. The molecule has 4 rings (SSSR count). The molecule has 6 heteroatoms. The summed E-state index contributed by atoms with van der Waals surface area (Å²) in [6.45, 7) is 1.14. The fourth-order valence-electron chi connectivity index (χ4n) is 5.09. The summed E-state index contributed by atoms with van der Waals surface area (Å²) in [5.74, 6) is 0.137. The van der Waals surface area contributed by atoms with Gasteiger partial charge in [-0.15, -0.1) is 0 Å². The molecule has 5 nitrogen and oxygen atoms in total. The van der Waals surface area contributed by atoms with Gasteiger partial charge in [0.1, 0.15) is 0 Å². The third-order valence-electron chi connectivity index (χ3n) is 5.49. The van der Waals surface area contributed by atoms with Crippen molar-refractivity contribution in [3.8, 4) is 0 Å². The fraction of sp³-hybridized carbons (Fsp3) is 0.765. The molecule has 0 aromatic rings. The third-order valence-corrected chi connectivity index (χ3v) is 6.78. The zero-order valence-electron chi connectivity index (χ0n) is 13.4. The van der Waals surface area contributed by atoms with Gasteiger partial charge in [-0.2, -0.15) is 0 Å². The number of hydrogen-bond acceptors (Lipinski definition) is 5. The van der Waals surface area contributed by atoms with Gasteiger partial charge in [0.05, 0.1) is 11.9 Å². The molecular weight excluding hydrogens is 362 g/mol. The maximum absolute atomic E-state index is 9.41. The molecule has 4 aliphatic rings. The Morgan fingerprint density at radius 1 is 1.09 bits per heavy atom. The summed E-state index contributed by atoms with van der Waals surface area (Å²) in [6, 6.07) is 0. The van der Waals surface area contributed by atoms with Gasteiger partial charge in [-0.3, -0.25) is 0 Å². The van der Waals surface area contributed by atoms with Crippen LogP contribution in [-0.2, 0) is 9.59 Å². The van der Waals surface area contributed by atoms with Crippen molar-refractivity contribution in [1.82, 2.24) is 5.32 Å². The Labute approximate surface area is 145 Å². The summed E-state index contributed by atoms with van der Waals surface area (Å²) in [6.07, 6.45) is 9.96. The van der Waals surface area contributed by atoms with Crippen molar-refractivity contribution >= 4 is 27.9 Å². The number of nitrogens with one attached hydrogen (secondary N) is 1. The van der Waals surface area contributed by atoms with Gasteiger partial charge in [-0.05, 0) is 80.9 Å². The van der Waals surface area contributed by atoms with Crippen molar-refractivity contribution in [2.24, 2.45) is 23.2 Å². The number of carbonyl (C=O) groups is 2. The quantitative estimate of drug-likeness (QED) is 0.540. The fourth-order valence-corrected chi connectivity index (χ4v) is 5.98. The maximum atomic E-state index is 9.41. The average molecular weight is 386 g/mol. The lowest BCUT2D eigenvalue weighted by Gasteiger charge is -2.58. The number of carboxylic acids is 2. The van der Waals surface area contributed by atoms with E-state index in [9.17, 15) is 19.8 Å². The molecule has 4 fully saturated rings. The van der Waals surface area contributed by atoms with Crippen molar-refractivity contribution in [1.29, 1.82) is 0 Å². The van der Waals surface area contributed by atoms with Gasteiger partial charge in [0.15, 0.2) is 0 Å². The highest BCUT2D eigenvalue weighted by Crippen LogP contribution is 2.62. The Hall–Kier alpha value is -0.880. The van der Waals surface area contributed by atoms with E-state index in [0.29, 0.717) is 22.4 Å². The van der Waals surface area contributed by atoms with E-state index < -0.39 is 11.9 Å². The average Bonchev–Trinajstić information content (AvgIpc) is 2.44. The van der Waals surface area contributed by atoms with Crippen molar-refractivity contribution in [2.75, 3.05) is 13.6 Å². The van der Waals surface area contributed by atoms with Crippen LogP contribution >= 0.6 is 15.9 Å². The van der Waals surface area contributed by atoms with E-state index in [1.54, 1.807) is 19.3 Å². The number of rotatable bonds is 5. The van der Waals surface area contributed by atoms with Crippen LogP contribution in [0.2, 0.25) is 0 Å². The Bertz CT molecular complexity index is 426. The lowest BCUT2D eigenvalue weighted by molar-refractivity contribution is -0.301. The van der Waals surface area contributed by atoms with Crippen LogP contribution in [0.15, 0.2) is 12.2 Å².